The lowest BCUT2D eigenvalue weighted by Gasteiger charge is -2.23. The predicted octanol–water partition coefficient (Wildman–Crippen LogP) is 6.70. The van der Waals surface area contributed by atoms with E-state index in [1.165, 1.54) is 25.7 Å². The van der Waals surface area contributed by atoms with Crippen LogP contribution in [0.25, 0.3) is 0 Å². The van der Waals surface area contributed by atoms with Crippen LogP contribution in [0, 0.1) is 11.3 Å². The molecule has 0 bridgehead atoms. The van der Waals surface area contributed by atoms with Crippen molar-refractivity contribution >= 4 is 15.9 Å². The van der Waals surface area contributed by atoms with Gasteiger partial charge in [-0.05, 0) is 68.9 Å². The van der Waals surface area contributed by atoms with Crippen LogP contribution in [-0.4, -0.2) is 11.2 Å². The van der Waals surface area contributed by atoms with E-state index in [9.17, 15) is 5.11 Å². The molecule has 0 aliphatic heterocycles. The fourth-order valence-electron chi connectivity index (χ4n) is 2.99. The molecule has 2 atom stereocenters. The van der Waals surface area contributed by atoms with Gasteiger partial charge in [0.25, 0.3) is 0 Å². The van der Waals surface area contributed by atoms with Crippen LogP contribution in [0.4, 0.5) is 0 Å². The smallest absolute Gasteiger partial charge is 0.0706 e. The molecule has 1 N–H and O–H groups in total. The van der Waals surface area contributed by atoms with Gasteiger partial charge in [-0.1, -0.05) is 66.6 Å². The lowest BCUT2D eigenvalue weighted by molar-refractivity contribution is 0.244. The first-order valence-corrected chi connectivity index (χ1v) is 9.57. The zero-order chi connectivity index (χ0) is 17.5. The van der Waals surface area contributed by atoms with Crippen molar-refractivity contribution in [1.82, 2.24) is 0 Å². The first-order valence-electron chi connectivity index (χ1n) is 8.78. The predicted molar refractivity (Wildman–Crippen MR) is 106 cm³/mol. The highest BCUT2D eigenvalue weighted by atomic mass is 79.9. The van der Waals surface area contributed by atoms with E-state index >= 15 is 0 Å². The third-order valence-electron chi connectivity index (χ3n) is 4.43. The van der Waals surface area contributed by atoms with Crippen LogP contribution in [0.15, 0.2) is 46.0 Å². The Balaban J connectivity index is 2.60. The number of aliphatic hydroxyl groups is 1. The normalized spacial score (nSPS) is 22.7. The summed E-state index contributed by atoms with van der Waals surface area (Å²) in [7, 11) is 0. The van der Waals surface area contributed by atoms with Crippen LogP contribution in [-0.2, 0) is 0 Å². The summed E-state index contributed by atoms with van der Waals surface area (Å²) in [6.07, 6.45) is 16.4. The molecule has 2 heteroatoms. The Bertz CT molecular complexity index is 492. The number of halogens is 1. The van der Waals surface area contributed by atoms with E-state index < -0.39 is 6.10 Å². The SMILES string of the molecule is CC1=C(/C=C/C(C)C/C=C/C(Br)=C/C(C)O)CC(C)(C)CCC1. The van der Waals surface area contributed by atoms with Crippen LogP contribution in [0.3, 0.4) is 0 Å². The molecule has 0 amide bonds. The molecule has 0 heterocycles. The van der Waals surface area contributed by atoms with Gasteiger partial charge in [0, 0.05) is 4.48 Å². The van der Waals surface area contributed by atoms with Gasteiger partial charge >= 0.3 is 0 Å². The summed E-state index contributed by atoms with van der Waals surface area (Å²) in [5.41, 5.74) is 3.53. The molecule has 1 nitrogen and oxygen atoms in total. The van der Waals surface area contributed by atoms with E-state index in [0.717, 1.165) is 10.9 Å². The summed E-state index contributed by atoms with van der Waals surface area (Å²) in [6.45, 7) is 11.1. The lowest BCUT2D eigenvalue weighted by atomic mass is 9.82. The molecule has 1 rings (SSSR count). The summed E-state index contributed by atoms with van der Waals surface area (Å²) in [4.78, 5) is 0. The molecule has 0 aromatic heterocycles. The molecule has 1 aliphatic carbocycles. The number of rotatable bonds is 6. The highest BCUT2D eigenvalue weighted by Crippen LogP contribution is 2.37. The van der Waals surface area contributed by atoms with Crippen LogP contribution >= 0.6 is 15.9 Å². The summed E-state index contributed by atoms with van der Waals surface area (Å²) >= 11 is 3.45. The summed E-state index contributed by atoms with van der Waals surface area (Å²) in [5, 5.41) is 9.29. The van der Waals surface area contributed by atoms with E-state index in [1.807, 2.05) is 6.08 Å². The molecule has 0 aromatic carbocycles. The first-order chi connectivity index (χ1) is 10.7. The Hall–Kier alpha value is -0.600. The van der Waals surface area contributed by atoms with Crippen molar-refractivity contribution in [3.8, 4) is 0 Å². The Morgan fingerprint density at radius 2 is 2.04 bits per heavy atom. The maximum absolute atomic E-state index is 9.29. The molecule has 0 spiro atoms. The Morgan fingerprint density at radius 1 is 1.35 bits per heavy atom. The molecule has 0 radical (unpaired) electrons. The fraction of sp³-hybridized carbons (Fsp3) is 0.619. The van der Waals surface area contributed by atoms with Crippen LogP contribution in [0.1, 0.15) is 66.7 Å². The molecule has 2 unspecified atom stereocenters. The average molecular weight is 381 g/mol. The fourth-order valence-corrected chi connectivity index (χ4v) is 3.56. The van der Waals surface area contributed by atoms with Crippen molar-refractivity contribution < 1.29 is 5.11 Å². The first kappa shape index (κ1) is 20.4. The highest BCUT2D eigenvalue weighted by molar-refractivity contribution is 9.11. The Morgan fingerprint density at radius 3 is 2.70 bits per heavy atom. The maximum Gasteiger partial charge on any atom is 0.0706 e. The van der Waals surface area contributed by atoms with Crippen molar-refractivity contribution in [3.05, 3.63) is 46.0 Å². The van der Waals surface area contributed by atoms with Crippen molar-refractivity contribution in [3.63, 3.8) is 0 Å². The second-order valence-electron chi connectivity index (χ2n) is 7.77. The number of aliphatic hydroxyl groups excluding tert-OH is 1. The minimum Gasteiger partial charge on any atom is -0.389 e. The van der Waals surface area contributed by atoms with Crippen LogP contribution in [0.2, 0.25) is 0 Å². The molecule has 0 saturated heterocycles. The molecule has 0 fully saturated rings. The van der Waals surface area contributed by atoms with Crippen molar-refractivity contribution in [2.24, 2.45) is 11.3 Å². The van der Waals surface area contributed by atoms with Crippen molar-refractivity contribution in [2.45, 2.75) is 72.8 Å². The van der Waals surface area contributed by atoms with E-state index in [-0.39, 0.29) is 0 Å². The average Bonchev–Trinajstić information content (AvgIpc) is 2.54. The zero-order valence-electron chi connectivity index (χ0n) is 15.4. The van der Waals surface area contributed by atoms with Gasteiger partial charge in [0.15, 0.2) is 0 Å². The second-order valence-corrected chi connectivity index (χ2v) is 8.68. The second kappa shape index (κ2) is 9.64. The molecule has 0 saturated carbocycles. The van der Waals surface area contributed by atoms with Crippen LogP contribution in [0.5, 0.6) is 0 Å². The highest BCUT2D eigenvalue weighted by Gasteiger charge is 2.22. The van der Waals surface area contributed by atoms with Gasteiger partial charge in [-0.15, -0.1) is 0 Å². The van der Waals surface area contributed by atoms with Gasteiger partial charge in [-0.25, -0.2) is 0 Å². The van der Waals surface area contributed by atoms with Crippen LogP contribution < -0.4 is 0 Å². The quantitative estimate of drug-likeness (QED) is 0.508. The molecule has 23 heavy (non-hydrogen) atoms. The van der Waals surface area contributed by atoms with Gasteiger partial charge in [-0.2, -0.15) is 0 Å². The summed E-state index contributed by atoms with van der Waals surface area (Å²) < 4.78 is 0.938. The Labute approximate surface area is 151 Å². The van der Waals surface area contributed by atoms with Gasteiger partial charge in [-0.3, -0.25) is 0 Å². The van der Waals surface area contributed by atoms with Crippen molar-refractivity contribution in [1.29, 1.82) is 0 Å². The van der Waals surface area contributed by atoms with Gasteiger partial charge in [0.2, 0.25) is 0 Å². The van der Waals surface area contributed by atoms with E-state index in [2.05, 4.69) is 61.9 Å². The molecule has 1 aliphatic rings. The van der Waals surface area contributed by atoms with E-state index in [1.54, 1.807) is 24.1 Å². The molecule has 130 valence electrons. The zero-order valence-corrected chi connectivity index (χ0v) is 17.0. The number of hydrogen-bond acceptors (Lipinski definition) is 1. The van der Waals surface area contributed by atoms with Gasteiger partial charge in [0.05, 0.1) is 6.10 Å². The third kappa shape index (κ3) is 8.72. The van der Waals surface area contributed by atoms with E-state index in [0.29, 0.717) is 11.3 Å². The molecular weight excluding hydrogens is 348 g/mol. The summed E-state index contributed by atoms with van der Waals surface area (Å²) in [5.74, 6) is 0.518. The maximum atomic E-state index is 9.29. The van der Waals surface area contributed by atoms with Gasteiger partial charge in [0.1, 0.15) is 0 Å². The minimum absolute atomic E-state index is 0.417. The third-order valence-corrected chi connectivity index (χ3v) is 4.96. The monoisotopic (exact) mass is 380 g/mol. The minimum atomic E-state index is -0.417. The number of hydrogen-bond donors (Lipinski definition) is 1. The Kier molecular flexibility index (Phi) is 8.57. The largest absolute Gasteiger partial charge is 0.389 e. The number of allylic oxidation sites excluding steroid dienone is 7. The standard InChI is InChI=1S/C21H33BrO/c1-16(8-6-10-20(22)14-18(3)23)11-12-19-15-21(4,5)13-7-9-17(19)2/h6,10-12,14,16,18,23H,7-9,13,15H2,1-5H3/b10-6+,12-11+,20-14-. The molecule has 0 aromatic rings. The van der Waals surface area contributed by atoms with E-state index in [4.69, 9.17) is 0 Å². The van der Waals surface area contributed by atoms with Gasteiger partial charge < -0.3 is 5.11 Å². The topological polar surface area (TPSA) is 20.2 Å². The molecular formula is C21H33BrO. The van der Waals surface area contributed by atoms with Crippen molar-refractivity contribution in [2.75, 3.05) is 0 Å². The summed E-state index contributed by atoms with van der Waals surface area (Å²) in [6, 6.07) is 0. The lowest BCUT2D eigenvalue weighted by Crippen LogP contribution is -2.10.